The molecule has 3 fully saturated rings. The smallest absolute Gasteiger partial charge is 0.262 e. The van der Waals surface area contributed by atoms with Crippen LogP contribution in [0.3, 0.4) is 0 Å². The third-order valence-electron chi connectivity index (χ3n) is 11.3. The summed E-state index contributed by atoms with van der Waals surface area (Å²) in [6.45, 7) is 8.61. The van der Waals surface area contributed by atoms with Gasteiger partial charge in [0, 0.05) is 62.5 Å². The zero-order valence-electron chi connectivity index (χ0n) is 31.6. The number of likely N-dealkylation sites (N-methyl/N-ethyl adjacent to an activating group) is 1. The molecule has 1 atom stereocenters. The second-order valence-corrected chi connectivity index (χ2v) is 15.1. The van der Waals surface area contributed by atoms with Crippen LogP contribution in [0.4, 0.5) is 11.6 Å². The second-order valence-electron chi connectivity index (χ2n) is 15.1. The van der Waals surface area contributed by atoms with Crippen molar-refractivity contribution >= 4 is 41.2 Å². The molecular weight excluding hydrogens is 715 g/mol. The van der Waals surface area contributed by atoms with E-state index in [-0.39, 0.29) is 41.3 Å². The van der Waals surface area contributed by atoms with Crippen molar-refractivity contribution in [1.82, 2.24) is 25.1 Å². The van der Waals surface area contributed by atoms with E-state index >= 15 is 0 Å². The van der Waals surface area contributed by atoms with Gasteiger partial charge in [0.2, 0.25) is 17.8 Å². The fraction of sp³-hybridized carbons (Fsp3) is 0.357. The van der Waals surface area contributed by atoms with E-state index in [0.29, 0.717) is 44.4 Å². The quantitative estimate of drug-likeness (QED) is 0.236. The topological polar surface area (TPSA) is 155 Å². The third-order valence-corrected chi connectivity index (χ3v) is 11.3. The number of benzene rings is 3. The molecule has 3 aromatic carbocycles. The van der Waals surface area contributed by atoms with Gasteiger partial charge in [-0.25, -0.2) is 9.97 Å². The molecule has 1 N–H and O–H groups in total. The normalized spacial score (nSPS) is 18.8. The van der Waals surface area contributed by atoms with Gasteiger partial charge in [0.1, 0.15) is 18.4 Å². The highest BCUT2D eigenvalue weighted by Crippen LogP contribution is 2.35. The van der Waals surface area contributed by atoms with Gasteiger partial charge in [0.15, 0.2) is 0 Å². The lowest BCUT2D eigenvalue weighted by atomic mass is 9.78. The van der Waals surface area contributed by atoms with Crippen molar-refractivity contribution in [2.24, 2.45) is 0 Å². The van der Waals surface area contributed by atoms with Crippen LogP contribution >= 0.6 is 0 Å². The average molecular weight is 758 g/mol. The Morgan fingerprint density at radius 2 is 1.57 bits per heavy atom. The fourth-order valence-electron chi connectivity index (χ4n) is 7.64. The van der Waals surface area contributed by atoms with Gasteiger partial charge in [-0.1, -0.05) is 38.1 Å². The van der Waals surface area contributed by atoms with Crippen LogP contribution in [0.25, 0.3) is 0 Å². The molecule has 0 radical (unpaired) electrons. The number of rotatable bonds is 10. The van der Waals surface area contributed by atoms with Crippen LogP contribution in [0.2, 0.25) is 0 Å². The predicted molar refractivity (Wildman–Crippen MR) is 206 cm³/mol. The minimum Gasteiger partial charge on any atom is -0.487 e. The van der Waals surface area contributed by atoms with E-state index in [4.69, 9.17) is 9.47 Å². The summed E-state index contributed by atoms with van der Waals surface area (Å²) in [5.41, 5.74) is 4.45. The monoisotopic (exact) mass is 757 g/mol. The lowest BCUT2D eigenvalue weighted by Gasteiger charge is -2.45. The lowest BCUT2D eigenvalue weighted by molar-refractivity contribution is -0.136. The third kappa shape index (κ3) is 6.96. The van der Waals surface area contributed by atoms with E-state index in [1.807, 2.05) is 47.4 Å². The van der Waals surface area contributed by atoms with Crippen LogP contribution in [0.15, 0.2) is 79.0 Å². The number of hydrogen-bond donors (Lipinski definition) is 1. The van der Waals surface area contributed by atoms with E-state index in [2.05, 4.69) is 46.2 Å². The van der Waals surface area contributed by atoms with Gasteiger partial charge in [-0.2, -0.15) is 0 Å². The molecule has 288 valence electrons. The lowest BCUT2D eigenvalue weighted by Crippen LogP contribution is -2.59. The number of amides is 5. The average Bonchev–Trinajstić information content (AvgIpc) is 3.44. The summed E-state index contributed by atoms with van der Waals surface area (Å²) in [5, 5.41) is 2.22. The van der Waals surface area contributed by atoms with Gasteiger partial charge < -0.3 is 24.2 Å². The molecule has 1 unspecified atom stereocenters. The fourth-order valence-corrected chi connectivity index (χ4v) is 7.64. The number of imide groups is 2. The Hall–Kier alpha value is -6.15. The van der Waals surface area contributed by atoms with Gasteiger partial charge >= 0.3 is 0 Å². The van der Waals surface area contributed by atoms with Crippen molar-refractivity contribution in [2.45, 2.75) is 50.8 Å². The van der Waals surface area contributed by atoms with Crippen LogP contribution in [-0.4, -0.2) is 108 Å². The zero-order valence-corrected chi connectivity index (χ0v) is 31.6. The molecule has 5 heterocycles. The molecule has 1 aromatic heterocycles. The van der Waals surface area contributed by atoms with E-state index in [0.717, 1.165) is 46.2 Å². The molecular formula is C42H43N7O7. The van der Waals surface area contributed by atoms with Crippen molar-refractivity contribution < 1.29 is 33.4 Å². The first-order valence-corrected chi connectivity index (χ1v) is 18.8. The maximum atomic E-state index is 13.6. The molecule has 4 aromatic rings. The number of carbonyl (C=O) groups excluding carboxylic acids is 5. The summed E-state index contributed by atoms with van der Waals surface area (Å²) in [6.07, 6.45) is 1.93. The Kier molecular flexibility index (Phi) is 9.75. The summed E-state index contributed by atoms with van der Waals surface area (Å²) in [6, 6.07) is 21.6. The van der Waals surface area contributed by atoms with Crippen LogP contribution < -0.4 is 19.9 Å². The number of piperidine rings is 1. The predicted octanol–water partition coefficient (Wildman–Crippen LogP) is 3.58. The number of anilines is 2. The van der Waals surface area contributed by atoms with Crippen molar-refractivity contribution in [1.29, 1.82) is 0 Å². The van der Waals surface area contributed by atoms with Gasteiger partial charge in [0.05, 0.1) is 36.1 Å². The summed E-state index contributed by atoms with van der Waals surface area (Å²) in [7, 11) is 1.79. The maximum absolute atomic E-state index is 13.6. The number of ether oxygens (including phenoxy) is 2. The van der Waals surface area contributed by atoms with Gasteiger partial charge in [-0.05, 0) is 66.1 Å². The second kappa shape index (κ2) is 14.8. The van der Waals surface area contributed by atoms with Crippen LogP contribution in [-0.2, 0) is 26.3 Å². The maximum Gasteiger partial charge on any atom is 0.262 e. The first kappa shape index (κ1) is 36.8. The van der Waals surface area contributed by atoms with Crippen molar-refractivity contribution in [2.75, 3.05) is 56.2 Å². The van der Waals surface area contributed by atoms with E-state index in [9.17, 15) is 24.0 Å². The molecule has 0 spiro atoms. The number of carbonyl (C=O) groups is 5. The molecule has 0 aliphatic carbocycles. The van der Waals surface area contributed by atoms with Gasteiger partial charge in [-0.15, -0.1) is 0 Å². The highest BCUT2D eigenvalue weighted by molar-refractivity contribution is 6.23. The van der Waals surface area contributed by atoms with E-state index in [1.54, 1.807) is 36.3 Å². The van der Waals surface area contributed by atoms with Crippen LogP contribution in [0, 0.1) is 0 Å². The minimum absolute atomic E-state index is 0.0499. The number of fused-ring (bicyclic) bond motifs is 1. The molecule has 14 heteroatoms. The number of morpholine rings is 1. The molecule has 56 heavy (non-hydrogen) atoms. The van der Waals surface area contributed by atoms with Crippen LogP contribution in [0.1, 0.15) is 74.6 Å². The highest BCUT2D eigenvalue weighted by Gasteiger charge is 2.45. The Balaban J connectivity index is 0.850. The minimum atomic E-state index is -1.01. The zero-order chi connectivity index (χ0) is 39.1. The van der Waals surface area contributed by atoms with E-state index in [1.165, 1.54) is 0 Å². The van der Waals surface area contributed by atoms with Crippen molar-refractivity contribution in [3.05, 3.63) is 113 Å². The summed E-state index contributed by atoms with van der Waals surface area (Å²) in [5.74, 6) is -0.794. The SMILES string of the molecule is CN(C(=O)c1ccc(C(C)(C)c2ccc(OCc3ccnc(N4CCOCC4)n3)cc2)cc1)C1CN(c2ccc3c(c2)C(=O)N(C2CCC(=O)NC2=O)C3=O)C1. The molecule has 4 aliphatic heterocycles. The Bertz CT molecular complexity index is 2200. The Labute approximate surface area is 324 Å². The number of nitrogens with zero attached hydrogens (tertiary/aromatic N) is 6. The Morgan fingerprint density at radius 3 is 2.27 bits per heavy atom. The molecule has 3 saturated heterocycles. The molecule has 5 amide bonds. The molecule has 0 saturated carbocycles. The first-order chi connectivity index (χ1) is 27.0. The molecule has 0 bridgehead atoms. The standard InChI is InChI=1S/C42H43N7O7/c1-42(2,28-8-11-32(12-9-28)56-25-29-16-17-43-41(44-29)47-18-20-55-21-19-47)27-6-4-26(5-7-27)38(52)46(3)31-23-48(24-31)30-10-13-33-34(22-30)40(54)49(39(33)53)35-14-15-36(50)45-37(35)51/h4-13,16-17,22,31,35H,14-15,18-21,23-25H2,1-3H3,(H,45,50,51). The number of hydrogen-bond acceptors (Lipinski definition) is 11. The largest absolute Gasteiger partial charge is 0.487 e. The molecule has 14 nitrogen and oxygen atoms in total. The van der Waals surface area contributed by atoms with Crippen molar-refractivity contribution in [3.8, 4) is 5.75 Å². The summed E-state index contributed by atoms with van der Waals surface area (Å²) < 4.78 is 11.5. The number of aromatic nitrogens is 2. The molecule has 4 aliphatic rings. The summed E-state index contributed by atoms with van der Waals surface area (Å²) in [4.78, 5) is 79.9. The van der Waals surface area contributed by atoms with Crippen molar-refractivity contribution in [3.63, 3.8) is 0 Å². The number of nitrogens with one attached hydrogen (secondary N) is 1. The van der Waals surface area contributed by atoms with Crippen LogP contribution in [0.5, 0.6) is 5.75 Å². The molecule has 8 rings (SSSR count). The van der Waals surface area contributed by atoms with E-state index < -0.39 is 29.7 Å². The van der Waals surface area contributed by atoms with Gasteiger partial charge in [0.25, 0.3) is 17.7 Å². The Morgan fingerprint density at radius 1 is 0.893 bits per heavy atom. The first-order valence-electron chi connectivity index (χ1n) is 18.8. The summed E-state index contributed by atoms with van der Waals surface area (Å²) >= 11 is 0. The van der Waals surface area contributed by atoms with Gasteiger partial charge in [-0.3, -0.25) is 34.2 Å². The highest BCUT2D eigenvalue weighted by atomic mass is 16.5.